The molecule has 0 atom stereocenters. The number of benzene rings is 2. The standard InChI is InChI=1S/C16H11Cl4NO/c1-2-5-22-16-13(19)6-10(7-14(16)20)9-21-15-4-3-11(17)8-12(15)18/h1,3-4,6-8,21H,5,9H2. The van der Waals surface area contributed by atoms with Gasteiger partial charge in [0.1, 0.15) is 6.61 Å². The average molecular weight is 375 g/mol. The van der Waals surface area contributed by atoms with E-state index >= 15 is 0 Å². The van der Waals surface area contributed by atoms with Gasteiger partial charge in [-0.1, -0.05) is 52.3 Å². The number of anilines is 1. The third kappa shape index (κ3) is 4.38. The van der Waals surface area contributed by atoms with Crippen molar-refractivity contribution in [3.05, 3.63) is 56.0 Å². The van der Waals surface area contributed by atoms with Crippen molar-refractivity contribution in [3.8, 4) is 18.1 Å². The average Bonchev–Trinajstić information content (AvgIpc) is 2.45. The van der Waals surface area contributed by atoms with E-state index in [4.69, 9.17) is 57.6 Å². The molecule has 6 heteroatoms. The Morgan fingerprint density at radius 1 is 1.00 bits per heavy atom. The summed E-state index contributed by atoms with van der Waals surface area (Å²) in [4.78, 5) is 0. The van der Waals surface area contributed by atoms with Crippen LogP contribution in [0.5, 0.6) is 5.75 Å². The third-order valence-corrected chi connectivity index (χ3v) is 3.88. The van der Waals surface area contributed by atoms with E-state index in [-0.39, 0.29) is 6.61 Å². The molecule has 2 nitrogen and oxygen atoms in total. The fourth-order valence-corrected chi connectivity index (χ4v) is 2.91. The molecule has 2 aromatic rings. The number of rotatable bonds is 5. The van der Waals surface area contributed by atoms with Gasteiger partial charge in [0.25, 0.3) is 0 Å². The molecule has 0 amide bonds. The molecule has 114 valence electrons. The first kappa shape index (κ1) is 17.1. The van der Waals surface area contributed by atoms with Crippen LogP contribution in [0.3, 0.4) is 0 Å². The van der Waals surface area contributed by atoms with E-state index in [1.165, 1.54) is 0 Å². The lowest BCUT2D eigenvalue weighted by Crippen LogP contribution is -2.01. The van der Waals surface area contributed by atoms with Crippen LogP contribution in [0.4, 0.5) is 5.69 Å². The summed E-state index contributed by atoms with van der Waals surface area (Å²) in [5.41, 5.74) is 1.65. The van der Waals surface area contributed by atoms with Crippen molar-refractivity contribution in [3.63, 3.8) is 0 Å². The maximum Gasteiger partial charge on any atom is 0.157 e. The van der Waals surface area contributed by atoms with Gasteiger partial charge >= 0.3 is 0 Å². The molecule has 0 fully saturated rings. The Labute approximate surface area is 149 Å². The van der Waals surface area contributed by atoms with Crippen LogP contribution in [0, 0.1) is 12.3 Å². The van der Waals surface area contributed by atoms with E-state index in [2.05, 4.69) is 11.2 Å². The first-order chi connectivity index (χ1) is 10.5. The minimum atomic E-state index is 0.109. The molecular weight excluding hydrogens is 364 g/mol. The molecule has 2 rings (SSSR count). The molecule has 0 saturated heterocycles. The Balaban J connectivity index is 2.12. The predicted octanol–water partition coefficient (Wildman–Crippen LogP) is 5.92. The number of nitrogens with one attached hydrogen (secondary N) is 1. The number of ether oxygens (including phenoxy) is 1. The number of hydrogen-bond donors (Lipinski definition) is 1. The fourth-order valence-electron chi connectivity index (χ4n) is 1.80. The van der Waals surface area contributed by atoms with Crippen LogP contribution in [-0.4, -0.2) is 6.61 Å². The zero-order chi connectivity index (χ0) is 16.1. The predicted molar refractivity (Wildman–Crippen MR) is 94.6 cm³/mol. The minimum Gasteiger partial charge on any atom is -0.478 e. The topological polar surface area (TPSA) is 21.3 Å². The van der Waals surface area contributed by atoms with E-state index in [0.717, 1.165) is 11.3 Å². The third-order valence-electron chi connectivity index (χ3n) is 2.77. The normalized spacial score (nSPS) is 10.1. The van der Waals surface area contributed by atoms with Gasteiger partial charge in [-0.3, -0.25) is 0 Å². The molecule has 22 heavy (non-hydrogen) atoms. The molecule has 1 N–H and O–H groups in total. The first-order valence-corrected chi connectivity index (χ1v) is 7.75. The SMILES string of the molecule is C#CCOc1c(Cl)cc(CNc2ccc(Cl)cc2Cl)cc1Cl. The zero-order valence-electron chi connectivity index (χ0n) is 11.3. The number of hydrogen-bond acceptors (Lipinski definition) is 2. The molecule has 0 radical (unpaired) electrons. The number of terminal acetylenes is 1. The van der Waals surface area contributed by atoms with Gasteiger partial charge in [-0.25, -0.2) is 0 Å². The second-order valence-corrected chi connectivity index (χ2v) is 6.02. The lowest BCUT2D eigenvalue weighted by molar-refractivity contribution is 0.371. The van der Waals surface area contributed by atoms with Crippen LogP contribution >= 0.6 is 46.4 Å². The highest BCUT2D eigenvalue weighted by Crippen LogP contribution is 2.34. The van der Waals surface area contributed by atoms with Gasteiger partial charge in [0, 0.05) is 11.6 Å². The summed E-state index contributed by atoms with van der Waals surface area (Å²) in [6, 6.07) is 8.75. The second-order valence-electron chi connectivity index (χ2n) is 4.36. The summed E-state index contributed by atoms with van der Waals surface area (Å²) in [6.45, 7) is 0.605. The molecule has 2 aromatic carbocycles. The van der Waals surface area contributed by atoms with Crippen molar-refractivity contribution in [2.24, 2.45) is 0 Å². The molecule has 0 saturated carbocycles. The van der Waals surface area contributed by atoms with Crippen molar-refractivity contribution in [2.45, 2.75) is 6.54 Å². The van der Waals surface area contributed by atoms with Gasteiger partial charge in [0.2, 0.25) is 0 Å². The van der Waals surface area contributed by atoms with Crippen molar-refractivity contribution >= 4 is 52.1 Å². The lowest BCUT2D eigenvalue weighted by Gasteiger charge is -2.12. The quantitative estimate of drug-likeness (QED) is 0.655. The molecule has 0 bridgehead atoms. The van der Waals surface area contributed by atoms with Crippen molar-refractivity contribution < 1.29 is 4.74 Å². The van der Waals surface area contributed by atoms with Crippen LogP contribution in [0.25, 0.3) is 0 Å². The summed E-state index contributed by atoms with van der Waals surface area (Å²) in [7, 11) is 0. The van der Waals surface area contributed by atoms with Gasteiger partial charge in [0.15, 0.2) is 5.75 Å². The van der Waals surface area contributed by atoms with Crippen molar-refractivity contribution in [2.75, 3.05) is 11.9 Å². The Kier molecular flexibility index (Phi) is 6.11. The highest BCUT2D eigenvalue weighted by molar-refractivity contribution is 6.37. The Morgan fingerprint density at radius 3 is 2.27 bits per heavy atom. The van der Waals surface area contributed by atoms with E-state index in [9.17, 15) is 0 Å². The second kappa shape index (κ2) is 7.85. The molecule has 0 aliphatic rings. The van der Waals surface area contributed by atoms with Crippen LogP contribution in [-0.2, 0) is 6.54 Å². The summed E-state index contributed by atoms with van der Waals surface area (Å²) in [5, 5.41) is 5.12. The van der Waals surface area contributed by atoms with Crippen molar-refractivity contribution in [1.82, 2.24) is 0 Å². The van der Waals surface area contributed by atoms with Crippen LogP contribution in [0.1, 0.15) is 5.56 Å². The van der Waals surface area contributed by atoms with Gasteiger partial charge in [-0.05, 0) is 35.9 Å². The Bertz CT molecular complexity index is 702. The summed E-state index contributed by atoms with van der Waals surface area (Å²) < 4.78 is 5.31. The minimum absolute atomic E-state index is 0.109. The molecule has 0 aliphatic carbocycles. The molecular formula is C16H11Cl4NO. The van der Waals surface area contributed by atoms with E-state index in [0.29, 0.717) is 32.4 Å². The maximum absolute atomic E-state index is 6.15. The highest BCUT2D eigenvalue weighted by atomic mass is 35.5. The maximum atomic E-state index is 6.15. The Morgan fingerprint density at radius 2 is 1.68 bits per heavy atom. The first-order valence-electron chi connectivity index (χ1n) is 6.24. The summed E-state index contributed by atoms with van der Waals surface area (Å²) in [6.07, 6.45) is 5.15. The van der Waals surface area contributed by atoms with Gasteiger partial charge in [-0.2, -0.15) is 0 Å². The smallest absolute Gasteiger partial charge is 0.157 e. The lowest BCUT2D eigenvalue weighted by atomic mass is 10.2. The van der Waals surface area contributed by atoms with E-state index in [1.54, 1.807) is 30.3 Å². The van der Waals surface area contributed by atoms with Crippen LogP contribution < -0.4 is 10.1 Å². The van der Waals surface area contributed by atoms with Crippen molar-refractivity contribution in [1.29, 1.82) is 0 Å². The van der Waals surface area contributed by atoms with Gasteiger partial charge in [-0.15, -0.1) is 6.42 Å². The molecule has 0 unspecified atom stereocenters. The molecule has 0 aliphatic heterocycles. The summed E-state index contributed by atoms with van der Waals surface area (Å²) in [5.74, 6) is 2.75. The summed E-state index contributed by atoms with van der Waals surface area (Å²) >= 11 is 24.3. The zero-order valence-corrected chi connectivity index (χ0v) is 14.3. The molecule has 0 aromatic heterocycles. The van der Waals surface area contributed by atoms with E-state index in [1.807, 2.05) is 0 Å². The molecule has 0 heterocycles. The molecule has 0 spiro atoms. The van der Waals surface area contributed by atoms with Gasteiger partial charge < -0.3 is 10.1 Å². The van der Waals surface area contributed by atoms with Gasteiger partial charge in [0.05, 0.1) is 20.8 Å². The fraction of sp³-hybridized carbons (Fsp3) is 0.125. The largest absolute Gasteiger partial charge is 0.478 e. The monoisotopic (exact) mass is 373 g/mol. The van der Waals surface area contributed by atoms with Crippen LogP contribution in [0.15, 0.2) is 30.3 Å². The highest BCUT2D eigenvalue weighted by Gasteiger charge is 2.10. The van der Waals surface area contributed by atoms with E-state index < -0.39 is 0 Å². The van der Waals surface area contributed by atoms with Crippen LogP contribution in [0.2, 0.25) is 20.1 Å². The Hall–Kier alpha value is -1.24. The number of halogens is 4.